The number of allylic oxidation sites excluding steroid dienone is 3. The Bertz CT molecular complexity index is 592. The van der Waals surface area contributed by atoms with Crippen molar-refractivity contribution in [3.63, 3.8) is 0 Å². The molecule has 0 spiro atoms. The molecule has 0 saturated heterocycles. The van der Waals surface area contributed by atoms with Crippen LogP contribution in [0, 0.1) is 11.8 Å². The Labute approximate surface area is 152 Å². The molecule has 2 rings (SSSR count). The number of halogens is 2. The number of Topliss-reactive ketones (excluding diaryl/α,β-unsaturated/α-hetero) is 2. The Hall–Kier alpha value is -1.13. The normalized spacial score (nSPS) is 23.4. The van der Waals surface area contributed by atoms with Crippen LogP contribution in [0.4, 0.5) is 0 Å². The summed E-state index contributed by atoms with van der Waals surface area (Å²) in [6, 6.07) is 0. The number of fused-ring (bicyclic) bond motifs is 1. The van der Waals surface area contributed by atoms with Gasteiger partial charge < -0.3 is 4.74 Å². The van der Waals surface area contributed by atoms with Crippen LogP contribution in [0.2, 0.25) is 0 Å². The zero-order valence-electron chi connectivity index (χ0n) is 13.8. The second kappa shape index (κ2) is 8.82. The first-order valence-electron chi connectivity index (χ1n) is 8.49. The molecule has 0 bridgehead atoms. The minimum Gasteiger partial charge on any atom is -0.462 e. The summed E-state index contributed by atoms with van der Waals surface area (Å²) >= 11 is 11.6. The molecule has 132 valence electrons. The minimum absolute atomic E-state index is 0.224. The predicted molar refractivity (Wildman–Crippen MR) is 92.8 cm³/mol. The van der Waals surface area contributed by atoms with E-state index >= 15 is 0 Å². The van der Waals surface area contributed by atoms with Crippen LogP contribution >= 0.6 is 23.2 Å². The molecule has 0 saturated carbocycles. The van der Waals surface area contributed by atoms with Crippen LogP contribution in [0.15, 0.2) is 21.7 Å². The molecular formula is C18H22Cl2O4. The van der Waals surface area contributed by atoms with E-state index in [9.17, 15) is 14.4 Å². The lowest BCUT2D eigenvalue weighted by Crippen LogP contribution is -2.35. The molecule has 0 aliphatic heterocycles. The zero-order chi connectivity index (χ0) is 17.7. The zero-order valence-corrected chi connectivity index (χ0v) is 15.3. The smallest absolute Gasteiger partial charge is 0.334 e. The van der Waals surface area contributed by atoms with Gasteiger partial charge in [-0.15, -0.1) is 0 Å². The van der Waals surface area contributed by atoms with Gasteiger partial charge >= 0.3 is 5.97 Å². The van der Waals surface area contributed by atoms with Crippen molar-refractivity contribution in [2.45, 2.75) is 51.9 Å². The van der Waals surface area contributed by atoms with Gasteiger partial charge in [0.1, 0.15) is 10.1 Å². The highest BCUT2D eigenvalue weighted by atomic mass is 35.5. The van der Waals surface area contributed by atoms with Gasteiger partial charge in [0.25, 0.3) is 0 Å². The second-order valence-corrected chi connectivity index (χ2v) is 7.00. The molecule has 2 aliphatic carbocycles. The van der Waals surface area contributed by atoms with Crippen molar-refractivity contribution >= 4 is 40.7 Å². The van der Waals surface area contributed by atoms with E-state index < -0.39 is 23.6 Å². The molecule has 0 aromatic heterocycles. The number of ether oxygens (including phenoxy) is 1. The summed E-state index contributed by atoms with van der Waals surface area (Å²) in [5.74, 6) is -2.83. The van der Waals surface area contributed by atoms with Crippen molar-refractivity contribution in [1.82, 2.24) is 0 Å². The Morgan fingerprint density at radius 3 is 2.42 bits per heavy atom. The highest BCUT2D eigenvalue weighted by Crippen LogP contribution is 2.43. The molecular weight excluding hydrogens is 351 g/mol. The first-order chi connectivity index (χ1) is 11.5. The average molecular weight is 373 g/mol. The van der Waals surface area contributed by atoms with Gasteiger partial charge in [0.15, 0.2) is 11.6 Å². The average Bonchev–Trinajstić information content (AvgIpc) is 3.02. The van der Waals surface area contributed by atoms with E-state index in [4.69, 9.17) is 27.9 Å². The van der Waals surface area contributed by atoms with Crippen LogP contribution < -0.4 is 0 Å². The van der Waals surface area contributed by atoms with Crippen LogP contribution in [0.3, 0.4) is 0 Å². The summed E-state index contributed by atoms with van der Waals surface area (Å²) in [6.07, 6.45) is 8.48. The summed E-state index contributed by atoms with van der Waals surface area (Å²) in [5.41, 5.74) is 0.242. The van der Waals surface area contributed by atoms with Crippen LogP contribution in [-0.2, 0) is 19.1 Å². The summed E-state index contributed by atoms with van der Waals surface area (Å²) in [6.45, 7) is 2.49. The minimum atomic E-state index is -0.843. The van der Waals surface area contributed by atoms with Gasteiger partial charge in [-0.3, -0.25) is 9.59 Å². The van der Waals surface area contributed by atoms with E-state index in [1.54, 1.807) is 6.08 Å². The van der Waals surface area contributed by atoms with E-state index in [1.807, 2.05) is 0 Å². The topological polar surface area (TPSA) is 60.4 Å². The lowest BCUT2D eigenvalue weighted by Gasteiger charge is -2.24. The number of rotatable bonds is 8. The highest BCUT2D eigenvalue weighted by Gasteiger charge is 2.48. The Morgan fingerprint density at radius 2 is 1.71 bits per heavy atom. The number of hydrogen-bond donors (Lipinski definition) is 0. The largest absolute Gasteiger partial charge is 0.462 e. The Kier molecular flexibility index (Phi) is 7.05. The molecule has 0 radical (unpaired) electrons. The van der Waals surface area contributed by atoms with Gasteiger partial charge in [-0.1, -0.05) is 68.3 Å². The number of carbonyl (C=O) groups excluding carboxylic acids is 3. The molecule has 0 heterocycles. The number of esters is 1. The molecule has 0 fully saturated rings. The van der Waals surface area contributed by atoms with Crippen LogP contribution in [0.25, 0.3) is 0 Å². The van der Waals surface area contributed by atoms with E-state index in [0.29, 0.717) is 13.0 Å². The standard InChI is InChI=1S/C18H22Cl2O4/c1-2-3-4-5-6-7-10-24-18(23)12-9-8-11-13(12)17(22)15(20)14(19)16(11)21/h9,11,13H,2-8,10H2,1H3. The highest BCUT2D eigenvalue weighted by molar-refractivity contribution is 6.56. The number of ketones is 2. The quantitative estimate of drug-likeness (QED) is 0.470. The lowest BCUT2D eigenvalue weighted by atomic mass is 9.80. The molecule has 4 nitrogen and oxygen atoms in total. The molecule has 2 aliphatic rings. The van der Waals surface area contributed by atoms with Crippen molar-refractivity contribution in [2.75, 3.05) is 6.61 Å². The van der Waals surface area contributed by atoms with E-state index in [1.165, 1.54) is 19.3 Å². The van der Waals surface area contributed by atoms with Crippen LogP contribution in [0.5, 0.6) is 0 Å². The Morgan fingerprint density at radius 1 is 1.08 bits per heavy atom. The molecule has 2 unspecified atom stereocenters. The Balaban J connectivity index is 1.86. The first kappa shape index (κ1) is 19.2. The van der Waals surface area contributed by atoms with Gasteiger partial charge in [-0.25, -0.2) is 4.79 Å². The molecule has 6 heteroatoms. The maximum atomic E-state index is 12.3. The van der Waals surface area contributed by atoms with Crippen LogP contribution in [-0.4, -0.2) is 24.1 Å². The molecule has 0 amide bonds. The second-order valence-electron chi connectivity index (χ2n) is 6.24. The van der Waals surface area contributed by atoms with Crippen molar-refractivity contribution in [3.8, 4) is 0 Å². The summed E-state index contributed by atoms with van der Waals surface area (Å²) in [5, 5.41) is -0.502. The summed E-state index contributed by atoms with van der Waals surface area (Å²) in [7, 11) is 0. The number of unbranched alkanes of at least 4 members (excludes halogenated alkanes) is 5. The molecule has 24 heavy (non-hydrogen) atoms. The molecule has 2 atom stereocenters. The van der Waals surface area contributed by atoms with Gasteiger partial charge in [-0.05, 0) is 12.8 Å². The predicted octanol–water partition coefficient (Wildman–Crippen LogP) is 4.29. The van der Waals surface area contributed by atoms with Gasteiger partial charge in [0.2, 0.25) is 0 Å². The summed E-state index contributed by atoms with van der Waals surface area (Å²) in [4.78, 5) is 36.6. The fourth-order valence-electron chi connectivity index (χ4n) is 3.17. The van der Waals surface area contributed by atoms with Gasteiger partial charge in [-0.2, -0.15) is 0 Å². The lowest BCUT2D eigenvalue weighted by molar-refractivity contribution is -0.141. The maximum absolute atomic E-state index is 12.3. The number of hydrogen-bond acceptors (Lipinski definition) is 4. The van der Waals surface area contributed by atoms with E-state index in [0.717, 1.165) is 19.3 Å². The van der Waals surface area contributed by atoms with Crippen molar-refractivity contribution in [2.24, 2.45) is 11.8 Å². The van der Waals surface area contributed by atoms with Crippen molar-refractivity contribution < 1.29 is 19.1 Å². The third kappa shape index (κ3) is 4.09. The fraction of sp³-hybridized carbons (Fsp3) is 0.611. The maximum Gasteiger partial charge on any atom is 0.334 e. The van der Waals surface area contributed by atoms with Crippen molar-refractivity contribution in [1.29, 1.82) is 0 Å². The van der Waals surface area contributed by atoms with E-state index in [2.05, 4.69) is 6.92 Å². The first-order valence-corrected chi connectivity index (χ1v) is 9.25. The van der Waals surface area contributed by atoms with E-state index in [-0.39, 0.29) is 21.4 Å². The third-order valence-electron chi connectivity index (χ3n) is 4.54. The fourth-order valence-corrected chi connectivity index (χ4v) is 3.62. The SMILES string of the molecule is CCCCCCCCOC(=O)C1=CCC2C(=O)C(Cl)=C(Cl)C(=O)C12. The van der Waals surface area contributed by atoms with Gasteiger partial charge in [0.05, 0.1) is 12.5 Å². The molecule has 0 aromatic carbocycles. The molecule has 0 N–H and O–H groups in total. The van der Waals surface area contributed by atoms with Crippen molar-refractivity contribution in [3.05, 3.63) is 21.7 Å². The van der Waals surface area contributed by atoms with Gasteiger partial charge in [0, 0.05) is 11.5 Å². The third-order valence-corrected chi connectivity index (χ3v) is 5.39. The number of carbonyl (C=O) groups is 3. The molecule has 0 aromatic rings. The summed E-state index contributed by atoms with van der Waals surface area (Å²) < 4.78 is 5.26. The van der Waals surface area contributed by atoms with Crippen LogP contribution in [0.1, 0.15) is 51.9 Å². The monoisotopic (exact) mass is 372 g/mol.